The van der Waals surface area contributed by atoms with Crippen molar-refractivity contribution < 1.29 is 9.53 Å². The summed E-state index contributed by atoms with van der Waals surface area (Å²) < 4.78 is 6.31. The Labute approximate surface area is 234 Å². The molecule has 2 aromatic carbocycles. The van der Waals surface area contributed by atoms with Crippen LogP contribution in [0.15, 0.2) is 60.7 Å². The molecular weight excluding hydrogens is 512 g/mol. The summed E-state index contributed by atoms with van der Waals surface area (Å²) in [7, 11) is 0. The van der Waals surface area contributed by atoms with Crippen molar-refractivity contribution in [3.8, 4) is 11.4 Å². The number of fused-ring (bicyclic) bond motifs is 1. The zero-order chi connectivity index (χ0) is 27.0. The summed E-state index contributed by atoms with van der Waals surface area (Å²) in [4.78, 5) is 26.8. The van der Waals surface area contributed by atoms with E-state index in [9.17, 15) is 4.79 Å². The first-order chi connectivity index (χ1) is 19.0. The third-order valence-corrected chi connectivity index (χ3v) is 7.26. The fourth-order valence-corrected chi connectivity index (χ4v) is 4.98. The number of hydrogen-bond acceptors (Lipinski definition) is 6. The van der Waals surface area contributed by atoms with E-state index in [4.69, 9.17) is 26.3 Å². The summed E-state index contributed by atoms with van der Waals surface area (Å²) in [6, 6.07) is 20.1. The monoisotopic (exact) mass is 546 g/mol. The van der Waals surface area contributed by atoms with Crippen LogP contribution in [0.2, 0.25) is 5.02 Å². The van der Waals surface area contributed by atoms with E-state index in [0.717, 1.165) is 72.0 Å². The van der Waals surface area contributed by atoms with Crippen molar-refractivity contribution in [3.63, 3.8) is 0 Å². The van der Waals surface area contributed by atoms with Gasteiger partial charge in [0.1, 0.15) is 11.5 Å². The summed E-state index contributed by atoms with van der Waals surface area (Å²) in [5.41, 5.74) is 4.00. The van der Waals surface area contributed by atoms with Gasteiger partial charge in [-0.15, -0.1) is 0 Å². The number of hydrogen-bond donors (Lipinski definition) is 3. The van der Waals surface area contributed by atoms with Gasteiger partial charge in [0.15, 0.2) is 5.82 Å². The molecule has 0 saturated carbocycles. The molecule has 4 aromatic rings. The highest BCUT2D eigenvalue weighted by Crippen LogP contribution is 2.26. The van der Waals surface area contributed by atoms with E-state index in [1.165, 1.54) is 12.5 Å². The van der Waals surface area contributed by atoms with E-state index in [1.54, 1.807) is 0 Å². The Bertz CT molecular complexity index is 1370. The number of carbonyl (C=O) groups is 1. The molecule has 0 unspecified atom stereocenters. The molecule has 204 valence electrons. The normalized spacial score (nSPS) is 14.5. The number of benzene rings is 2. The Morgan fingerprint density at radius 3 is 2.59 bits per heavy atom. The number of nitrogens with zero attached hydrogens (tertiary/aromatic N) is 3. The lowest BCUT2D eigenvalue weighted by molar-refractivity contribution is -0.118. The number of aromatic amines is 1. The molecule has 8 nitrogen and oxygen atoms in total. The molecule has 1 aliphatic heterocycles. The van der Waals surface area contributed by atoms with Gasteiger partial charge in [-0.2, -0.15) is 0 Å². The molecule has 1 saturated heterocycles. The molecule has 3 N–H and O–H groups in total. The van der Waals surface area contributed by atoms with Crippen LogP contribution >= 0.6 is 11.6 Å². The molecule has 1 aliphatic rings. The molecule has 5 rings (SSSR count). The minimum Gasteiger partial charge on any atom is -0.372 e. The van der Waals surface area contributed by atoms with Crippen molar-refractivity contribution >= 4 is 34.4 Å². The number of H-pyrrole nitrogens is 1. The van der Waals surface area contributed by atoms with Gasteiger partial charge in [-0.05, 0) is 43.0 Å². The van der Waals surface area contributed by atoms with E-state index >= 15 is 0 Å². The standard InChI is InChI=1S/C30H35ClN6O2/c1-21(38)32-14-15-33-29-27-19-25(34-30(27)36-28(35-29)23-5-3-2-4-6-23)20-39-26-12-17-37(18-13-26)16-11-22-7-9-24(31)10-8-22/h2-10,19,26H,11-18,20H2,1H3,(H,32,38)(H2,33,34,35,36). The minimum atomic E-state index is -0.0527. The van der Waals surface area contributed by atoms with Crippen molar-refractivity contribution in [3.05, 3.63) is 76.9 Å². The SMILES string of the molecule is CC(=O)NCCNc1nc(-c2ccccc2)nc2[nH]c(COC3CCN(CCc4ccc(Cl)cc4)CC3)cc12. The lowest BCUT2D eigenvalue weighted by Crippen LogP contribution is -2.38. The zero-order valence-electron chi connectivity index (χ0n) is 22.3. The Morgan fingerprint density at radius 1 is 1.08 bits per heavy atom. The van der Waals surface area contributed by atoms with Crippen molar-refractivity contribution in [2.24, 2.45) is 0 Å². The number of amides is 1. The summed E-state index contributed by atoms with van der Waals surface area (Å²) in [6.07, 6.45) is 3.32. The van der Waals surface area contributed by atoms with Crippen molar-refractivity contribution in [2.45, 2.75) is 38.9 Å². The first-order valence-electron chi connectivity index (χ1n) is 13.6. The van der Waals surface area contributed by atoms with Crippen LogP contribution < -0.4 is 10.6 Å². The van der Waals surface area contributed by atoms with E-state index in [-0.39, 0.29) is 12.0 Å². The van der Waals surface area contributed by atoms with Gasteiger partial charge in [0.2, 0.25) is 5.91 Å². The zero-order valence-corrected chi connectivity index (χ0v) is 23.0. The highest BCUT2D eigenvalue weighted by molar-refractivity contribution is 6.30. The Hall–Kier alpha value is -3.46. The number of halogens is 1. The first kappa shape index (κ1) is 27.1. The van der Waals surface area contributed by atoms with Crippen LogP contribution in [-0.4, -0.2) is 64.6 Å². The van der Waals surface area contributed by atoms with Gasteiger partial charge in [-0.1, -0.05) is 54.1 Å². The number of aromatic nitrogens is 3. The molecule has 3 heterocycles. The van der Waals surface area contributed by atoms with E-state index in [2.05, 4.69) is 38.7 Å². The van der Waals surface area contributed by atoms with Gasteiger partial charge in [-0.3, -0.25) is 4.79 Å². The average molecular weight is 547 g/mol. The van der Waals surface area contributed by atoms with Crippen LogP contribution in [0.4, 0.5) is 5.82 Å². The Balaban J connectivity index is 1.19. The maximum Gasteiger partial charge on any atom is 0.216 e. The molecule has 9 heteroatoms. The van der Waals surface area contributed by atoms with Crippen LogP contribution in [0, 0.1) is 0 Å². The topological polar surface area (TPSA) is 95.2 Å². The van der Waals surface area contributed by atoms with Crippen molar-refractivity contribution in [1.29, 1.82) is 0 Å². The molecule has 0 aliphatic carbocycles. The van der Waals surface area contributed by atoms with Crippen LogP contribution in [0.3, 0.4) is 0 Å². The molecule has 0 bridgehead atoms. The number of anilines is 1. The predicted molar refractivity (Wildman–Crippen MR) is 156 cm³/mol. The van der Waals surface area contributed by atoms with Gasteiger partial charge in [0, 0.05) is 55.9 Å². The fourth-order valence-electron chi connectivity index (χ4n) is 4.86. The lowest BCUT2D eigenvalue weighted by atomic mass is 10.1. The Morgan fingerprint density at radius 2 is 1.85 bits per heavy atom. The molecule has 0 radical (unpaired) electrons. The second-order valence-electron chi connectivity index (χ2n) is 9.96. The average Bonchev–Trinajstić information content (AvgIpc) is 3.38. The van der Waals surface area contributed by atoms with Gasteiger partial charge >= 0.3 is 0 Å². The second kappa shape index (κ2) is 13.1. The number of carbonyl (C=O) groups excluding carboxylic acids is 1. The number of ether oxygens (including phenoxy) is 1. The number of nitrogens with one attached hydrogen (secondary N) is 3. The van der Waals surface area contributed by atoms with Crippen LogP contribution in [0.1, 0.15) is 31.0 Å². The molecule has 39 heavy (non-hydrogen) atoms. The fraction of sp³-hybridized carbons (Fsp3) is 0.367. The molecule has 0 spiro atoms. The highest BCUT2D eigenvalue weighted by atomic mass is 35.5. The molecule has 1 fully saturated rings. The predicted octanol–water partition coefficient (Wildman–Crippen LogP) is 5.05. The molecular formula is C30H35ClN6O2. The summed E-state index contributed by atoms with van der Waals surface area (Å²) in [6.45, 7) is 6.22. The highest BCUT2D eigenvalue weighted by Gasteiger charge is 2.20. The van der Waals surface area contributed by atoms with E-state index < -0.39 is 0 Å². The number of rotatable bonds is 11. The summed E-state index contributed by atoms with van der Waals surface area (Å²) in [5, 5.41) is 7.87. The molecule has 1 amide bonds. The van der Waals surface area contributed by atoms with Gasteiger partial charge in [0.25, 0.3) is 0 Å². The van der Waals surface area contributed by atoms with Gasteiger partial charge < -0.3 is 25.3 Å². The first-order valence-corrected chi connectivity index (χ1v) is 13.9. The van der Waals surface area contributed by atoms with Crippen LogP contribution in [0.5, 0.6) is 0 Å². The number of likely N-dealkylation sites (tertiary alicyclic amines) is 1. The second-order valence-corrected chi connectivity index (χ2v) is 10.4. The smallest absolute Gasteiger partial charge is 0.216 e. The largest absolute Gasteiger partial charge is 0.372 e. The van der Waals surface area contributed by atoms with Crippen LogP contribution in [0.25, 0.3) is 22.4 Å². The minimum absolute atomic E-state index is 0.0527. The van der Waals surface area contributed by atoms with E-state index in [0.29, 0.717) is 25.5 Å². The quantitative estimate of drug-likeness (QED) is 0.228. The maximum atomic E-state index is 11.2. The molecule has 2 aromatic heterocycles. The third kappa shape index (κ3) is 7.56. The number of piperidine rings is 1. The summed E-state index contributed by atoms with van der Waals surface area (Å²) in [5.74, 6) is 1.33. The Kier molecular flexibility index (Phi) is 9.08. The van der Waals surface area contributed by atoms with Gasteiger partial charge in [-0.25, -0.2) is 9.97 Å². The van der Waals surface area contributed by atoms with Crippen molar-refractivity contribution in [2.75, 3.05) is 38.0 Å². The van der Waals surface area contributed by atoms with Crippen molar-refractivity contribution in [1.82, 2.24) is 25.2 Å². The summed E-state index contributed by atoms with van der Waals surface area (Å²) >= 11 is 6.00. The molecule has 0 atom stereocenters. The lowest BCUT2D eigenvalue weighted by Gasteiger charge is -2.31. The van der Waals surface area contributed by atoms with E-state index in [1.807, 2.05) is 42.5 Å². The van der Waals surface area contributed by atoms with Crippen LogP contribution in [-0.2, 0) is 22.6 Å². The third-order valence-electron chi connectivity index (χ3n) is 7.01. The van der Waals surface area contributed by atoms with Gasteiger partial charge in [0.05, 0.1) is 18.1 Å². The maximum absolute atomic E-state index is 11.2.